The first kappa shape index (κ1) is 23.3. The minimum absolute atomic E-state index is 0.147. The second-order valence-electron chi connectivity index (χ2n) is 7.99. The number of rotatable bonds is 8. The van der Waals surface area contributed by atoms with Crippen molar-refractivity contribution in [2.75, 3.05) is 31.6 Å². The summed E-state index contributed by atoms with van der Waals surface area (Å²) in [5, 5.41) is 10.0. The molecule has 2 N–H and O–H groups in total. The van der Waals surface area contributed by atoms with Crippen molar-refractivity contribution >= 4 is 17.5 Å². The second-order valence-corrected chi connectivity index (χ2v) is 7.99. The topological polar surface area (TPSA) is 109 Å². The zero-order chi connectivity index (χ0) is 23.9. The van der Waals surface area contributed by atoms with Crippen molar-refractivity contribution in [3.8, 4) is 22.9 Å². The lowest BCUT2D eigenvalue weighted by atomic mass is 9.96. The molecule has 0 bridgehead atoms. The first-order valence-corrected chi connectivity index (χ1v) is 11.6. The van der Waals surface area contributed by atoms with Gasteiger partial charge in [0, 0.05) is 25.4 Å². The van der Waals surface area contributed by atoms with Crippen LogP contribution in [0.25, 0.3) is 11.4 Å². The van der Waals surface area contributed by atoms with E-state index in [1.54, 1.807) is 29.3 Å². The second kappa shape index (κ2) is 10.8. The van der Waals surface area contributed by atoms with Gasteiger partial charge in [-0.2, -0.15) is 5.10 Å². The highest BCUT2D eigenvalue weighted by molar-refractivity contribution is 5.96. The number of H-pyrrole nitrogens is 1. The number of anilines is 1. The van der Waals surface area contributed by atoms with Gasteiger partial charge in [-0.25, -0.2) is 0 Å². The van der Waals surface area contributed by atoms with Gasteiger partial charge in [0.25, 0.3) is 5.91 Å². The molecule has 34 heavy (non-hydrogen) atoms. The molecule has 0 saturated carbocycles. The third kappa shape index (κ3) is 5.36. The molecule has 3 aromatic rings. The molecule has 1 saturated heterocycles. The molecule has 9 nitrogen and oxygen atoms in total. The summed E-state index contributed by atoms with van der Waals surface area (Å²) in [6, 6.07) is 12.6. The summed E-state index contributed by atoms with van der Waals surface area (Å²) in [7, 11) is 0. The number of carbonyl (C=O) groups excluding carboxylic acids is 2. The van der Waals surface area contributed by atoms with Crippen molar-refractivity contribution in [2.24, 2.45) is 5.92 Å². The van der Waals surface area contributed by atoms with E-state index in [9.17, 15) is 9.59 Å². The standard InChI is InChI=1S/C25H29N5O4/c1-3-33-18-10-11-23(34-4-2)21(14-18)27-24(31)17-8-7-13-30(16-17)25(32)22-15-20(28-29-22)19-9-5-6-12-26-19/h5-6,9-12,14-15,17H,3-4,7-8,13,16H2,1-2H3,(H,27,31)(H,28,29). The zero-order valence-electron chi connectivity index (χ0n) is 19.4. The van der Waals surface area contributed by atoms with E-state index in [4.69, 9.17) is 9.47 Å². The average Bonchev–Trinajstić information content (AvgIpc) is 3.36. The first-order valence-electron chi connectivity index (χ1n) is 11.6. The third-order valence-corrected chi connectivity index (χ3v) is 5.63. The van der Waals surface area contributed by atoms with E-state index in [2.05, 4.69) is 20.5 Å². The number of carbonyl (C=O) groups is 2. The maximum Gasteiger partial charge on any atom is 0.271 e. The smallest absolute Gasteiger partial charge is 0.271 e. The maximum absolute atomic E-state index is 13.1. The van der Waals surface area contributed by atoms with Crippen molar-refractivity contribution in [3.05, 3.63) is 54.4 Å². The number of amides is 2. The van der Waals surface area contributed by atoms with Crippen molar-refractivity contribution in [1.82, 2.24) is 20.1 Å². The molecule has 1 fully saturated rings. The number of nitrogens with one attached hydrogen (secondary N) is 2. The van der Waals surface area contributed by atoms with Crippen LogP contribution in [0, 0.1) is 5.92 Å². The molecule has 1 aliphatic rings. The number of pyridine rings is 1. The highest BCUT2D eigenvalue weighted by Gasteiger charge is 2.30. The number of aromatic amines is 1. The van der Waals surface area contributed by atoms with Gasteiger partial charge in [-0.05, 0) is 57.0 Å². The van der Waals surface area contributed by atoms with E-state index in [1.165, 1.54) is 0 Å². The van der Waals surface area contributed by atoms with Crippen LogP contribution in [0.4, 0.5) is 5.69 Å². The number of piperidine rings is 1. The number of benzene rings is 1. The summed E-state index contributed by atoms with van der Waals surface area (Å²) < 4.78 is 11.2. The minimum atomic E-state index is -0.332. The van der Waals surface area contributed by atoms with E-state index >= 15 is 0 Å². The summed E-state index contributed by atoms with van der Waals surface area (Å²) in [6.45, 7) is 5.72. The molecule has 1 aliphatic heterocycles. The number of ether oxygens (including phenoxy) is 2. The van der Waals surface area contributed by atoms with Crippen molar-refractivity contribution in [2.45, 2.75) is 26.7 Å². The Morgan fingerprint density at radius 2 is 1.97 bits per heavy atom. The van der Waals surface area contributed by atoms with E-state index in [1.807, 2.05) is 38.1 Å². The summed E-state index contributed by atoms with van der Waals surface area (Å²) in [4.78, 5) is 32.2. The van der Waals surface area contributed by atoms with Gasteiger partial charge in [0.05, 0.1) is 30.5 Å². The van der Waals surface area contributed by atoms with Crippen molar-refractivity contribution in [1.29, 1.82) is 0 Å². The highest BCUT2D eigenvalue weighted by atomic mass is 16.5. The fraction of sp³-hybridized carbons (Fsp3) is 0.360. The lowest BCUT2D eigenvalue weighted by Crippen LogP contribution is -2.43. The Labute approximate surface area is 198 Å². The van der Waals surface area contributed by atoms with Crippen LogP contribution in [0.5, 0.6) is 11.5 Å². The zero-order valence-corrected chi connectivity index (χ0v) is 19.4. The first-order chi connectivity index (χ1) is 16.6. The molecule has 0 aliphatic carbocycles. The molecule has 2 amide bonds. The monoisotopic (exact) mass is 463 g/mol. The number of likely N-dealkylation sites (tertiary alicyclic amines) is 1. The van der Waals surface area contributed by atoms with Crippen LogP contribution >= 0.6 is 0 Å². The Morgan fingerprint density at radius 1 is 1.12 bits per heavy atom. The van der Waals surface area contributed by atoms with Crippen LogP contribution in [0.15, 0.2) is 48.7 Å². The largest absolute Gasteiger partial charge is 0.494 e. The Bertz CT molecular complexity index is 1130. The highest BCUT2D eigenvalue weighted by Crippen LogP contribution is 2.31. The van der Waals surface area contributed by atoms with E-state index in [0.29, 0.717) is 67.0 Å². The Morgan fingerprint density at radius 3 is 2.74 bits per heavy atom. The summed E-state index contributed by atoms with van der Waals surface area (Å²) in [5.74, 6) is 0.583. The summed E-state index contributed by atoms with van der Waals surface area (Å²) >= 11 is 0. The molecule has 4 rings (SSSR count). The lowest BCUT2D eigenvalue weighted by Gasteiger charge is -2.31. The van der Waals surface area contributed by atoms with Crippen LogP contribution in [-0.4, -0.2) is 58.2 Å². The minimum Gasteiger partial charge on any atom is -0.494 e. The van der Waals surface area contributed by atoms with Gasteiger partial charge in [-0.3, -0.25) is 19.7 Å². The molecule has 9 heteroatoms. The normalized spacial score (nSPS) is 15.6. The van der Waals surface area contributed by atoms with Gasteiger partial charge < -0.3 is 19.7 Å². The number of nitrogens with zero attached hydrogens (tertiary/aromatic N) is 3. The molecule has 3 heterocycles. The summed E-state index contributed by atoms with van der Waals surface area (Å²) in [5.41, 5.74) is 2.24. The van der Waals surface area contributed by atoms with Crippen molar-refractivity contribution < 1.29 is 19.1 Å². The van der Waals surface area contributed by atoms with Crippen molar-refractivity contribution in [3.63, 3.8) is 0 Å². The lowest BCUT2D eigenvalue weighted by molar-refractivity contribution is -0.121. The Kier molecular flexibility index (Phi) is 7.41. The summed E-state index contributed by atoms with van der Waals surface area (Å²) in [6.07, 6.45) is 3.12. The third-order valence-electron chi connectivity index (χ3n) is 5.63. The molecular formula is C25H29N5O4. The fourth-order valence-corrected chi connectivity index (χ4v) is 4.00. The number of aromatic nitrogens is 3. The molecule has 2 aromatic heterocycles. The van der Waals surface area contributed by atoms with E-state index < -0.39 is 0 Å². The molecule has 0 spiro atoms. The van der Waals surface area contributed by atoms with Gasteiger partial charge in [0.2, 0.25) is 5.91 Å². The van der Waals surface area contributed by atoms with E-state index in [0.717, 1.165) is 6.42 Å². The fourth-order valence-electron chi connectivity index (χ4n) is 4.00. The predicted octanol–water partition coefficient (Wildman–Crippen LogP) is 3.76. The van der Waals surface area contributed by atoms with Gasteiger partial charge >= 0.3 is 0 Å². The molecule has 1 atom stereocenters. The maximum atomic E-state index is 13.1. The van der Waals surface area contributed by atoms with Crippen LogP contribution in [0.3, 0.4) is 0 Å². The number of hydrogen-bond donors (Lipinski definition) is 2. The van der Waals surface area contributed by atoms with Crippen LogP contribution < -0.4 is 14.8 Å². The van der Waals surface area contributed by atoms with Gasteiger partial charge in [-0.15, -0.1) is 0 Å². The van der Waals surface area contributed by atoms with Crippen LogP contribution in [0.1, 0.15) is 37.2 Å². The van der Waals surface area contributed by atoms with E-state index in [-0.39, 0.29) is 17.7 Å². The average molecular weight is 464 g/mol. The molecule has 0 radical (unpaired) electrons. The number of hydrogen-bond acceptors (Lipinski definition) is 6. The molecule has 178 valence electrons. The van der Waals surface area contributed by atoms with Gasteiger partial charge in [0.15, 0.2) is 0 Å². The molecule has 1 unspecified atom stereocenters. The van der Waals surface area contributed by atoms with Gasteiger partial charge in [-0.1, -0.05) is 6.07 Å². The van der Waals surface area contributed by atoms with Crippen LogP contribution in [-0.2, 0) is 4.79 Å². The molecular weight excluding hydrogens is 434 g/mol. The Hall–Kier alpha value is -3.88. The SMILES string of the molecule is CCOc1ccc(OCC)c(NC(=O)C2CCCN(C(=O)c3cc(-c4ccccn4)n[nH]3)C2)c1. The Balaban J connectivity index is 1.44. The predicted molar refractivity (Wildman–Crippen MR) is 128 cm³/mol. The molecule has 1 aromatic carbocycles. The quantitative estimate of drug-likeness (QED) is 0.526. The van der Waals surface area contributed by atoms with Crippen LogP contribution in [0.2, 0.25) is 0 Å². The van der Waals surface area contributed by atoms with Gasteiger partial charge in [0.1, 0.15) is 22.9 Å².